The summed E-state index contributed by atoms with van der Waals surface area (Å²) in [5.74, 6) is 2.44. The second-order valence-corrected chi connectivity index (χ2v) is 5.67. The lowest BCUT2D eigenvalue weighted by atomic mass is 10.1. The number of hydrogen-bond acceptors (Lipinski definition) is 4. The molecule has 1 aliphatic heterocycles. The molecule has 0 fully saturated rings. The van der Waals surface area contributed by atoms with Crippen LogP contribution in [-0.2, 0) is 24.3 Å². The lowest BCUT2D eigenvalue weighted by molar-refractivity contribution is -0.132. The number of ether oxygens (including phenoxy) is 1. The molecule has 1 aliphatic rings. The van der Waals surface area contributed by atoms with E-state index in [4.69, 9.17) is 16.3 Å². The maximum absolute atomic E-state index is 12.5. The Hall–Kier alpha value is -2.08. The molecule has 0 unspecified atom stereocenters. The predicted octanol–water partition coefficient (Wildman–Crippen LogP) is 1.83. The Morgan fingerprint density at radius 1 is 1.36 bits per heavy atom. The van der Waals surface area contributed by atoms with Crippen molar-refractivity contribution in [2.24, 2.45) is 0 Å². The van der Waals surface area contributed by atoms with Crippen LogP contribution >= 0.6 is 11.6 Å². The second-order valence-electron chi connectivity index (χ2n) is 5.26. The summed E-state index contributed by atoms with van der Waals surface area (Å²) in [5, 5.41) is 8.71. The van der Waals surface area contributed by atoms with Gasteiger partial charge in [-0.1, -0.05) is 17.7 Å². The Kier molecular flexibility index (Phi) is 4.02. The molecular weight excluding hydrogens is 304 g/mol. The molecule has 0 saturated heterocycles. The molecule has 22 heavy (non-hydrogen) atoms. The van der Waals surface area contributed by atoms with Crippen LogP contribution in [0.15, 0.2) is 18.2 Å². The van der Waals surface area contributed by atoms with E-state index in [0.717, 1.165) is 23.8 Å². The van der Waals surface area contributed by atoms with Gasteiger partial charge >= 0.3 is 0 Å². The molecule has 1 aromatic carbocycles. The minimum absolute atomic E-state index is 0.0407. The number of halogens is 1. The minimum atomic E-state index is 0.0407. The fourth-order valence-electron chi connectivity index (χ4n) is 2.59. The quantitative estimate of drug-likeness (QED) is 0.865. The summed E-state index contributed by atoms with van der Waals surface area (Å²) in [6.45, 7) is 3.81. The van der Waals surface area contributed by atoms with Gasteiger partial charge in [-0.2, -0.15) is 0 Å². The molecule has 7 heteroatoms. The maximum atomic E-state index is 12.5. The van der Waals surface area contributed by atoms with Crippen molar-refractivity contribution in [2.75, 3.05) is 13.7 Å². The number of fused-ring (bicyclic) bond motifs is 1. The Labute approximate surface area is 133 Å². The summed E-state index contributed by atoms with van der Waals surface area (Å²) in [4.78, 5) is 14.3. The Balaban J connectivity index is 1.70. The van der Waals surface area contributed by atoms with Gasteiger partial charge in [-0.05, 0) is 24.6 Å². The van der Waals surface area contributed by atoms with Crippen molar-refractivity contribution in [2.45, 2.75) is 26.4 Å². The Morgan fingerprint density at radius 3 is 2.91 bits per heavy atom. The first-order valence-electron chi connectivity index (χ1n) is 7.07. The van der Waals surface area contributed by atoms with E-state index in [1.165, 1.54) is 0 Å². The van der Waals surface area contributed by atoms with E-state index >= 15 is 0 Å². The number of nitrogens with zero attached hydrogens (tertiary/aromatic N) is 4. The smallest absolute Gasteiger partial charge is 0.227 e. The predicted molar refractivity (Wildman–Crippen MR) is 81.9 cm³/mol. The third-order valence-corrected chi connectivity index (χ3v) is 4.24. The largest absolute Gasteiger partial charge is 0.497 e. The normalized spacial score (nSPS) is 13.9. The molecule has 0 spiro atoms. The number of aryl methyl sites for hydroxylation is 1. The highest BCUT2D eigenvalue weighted by Crippen LogP contribution is 2.23. The van der Waals surface area contributed by atoms with Crippen molar-refractivity contribution in [3.8, 4) is 5.75 Å². The average molecular weight is 321 g/mol. The molecule has 0 atom stereocenters. The van der Waals surface area contributed by atoms with Crippen molar-refractivity contribution >= 4 is 17.5 Å². The maximum Gasteiger partial charge on any atom is 0.227 e. The number of methoxy groups -OCH3 is 1. The van der Waals surface area contributed by atoms with Gasteiger partial charge in [-0.25, -0.2) is 0 Å². The highest BCUT2D eigenvalue weighted by atomic mass is 35.5. The second kappa shape index (κ2) is 5.96. The van der Waals surface area contributed by atoms with Gasteiger partial charge in [0.25, 0.3) is 0 Å². The zero-order valence-electron chi connectivity index (χ0n) is 12.5. The van der Waals surface area contributed by atoms with Gasteiger partial charge < -0.3 is 14.2 Å². The van der Waals surface area contributed by atoms with Crippen molar-refractivity contribution in [1.29, 1.82) is 0 Å². The van der Waals surface area contributed by atoms with E-state index in [1.807, 2.05) is 23.6 Å². The van der Waals surface area contributed by atoms with Crippen LogP contribution in [0.4, 0.5) is 0 Å². The van der Waals surface area contributed by atoms with Gasteiger partial charge in [0.05, 0.1) is 20.1 Å². The molecule has 3 rings (SSSR count). The van der Waals surface area contributed by atoms with Crippen molar-refractivity contribution in [3.05, 3.63) is 40.4 Å². The van der Waals surface area contributed by atoms with E-state index < -0.39 is 0 Å². The molecule has 6 nitrogen and oxygen atoms in total. The van der Waals surface area contributed by atoms with Gasteiger partial charge in [-0.15, -0.1) is 10.2 Å². The van der Waals surface area contributed by atoms with Gasteiger partial charge in [-0.3, -0.25) is 4.79 Å². The summed E-state index contributed by atoms with van der Waals surface area (Å²) < 4.78 is 7.16. The van der Waals surface area contributed by atoms with Crippen LogP contribution in [-0.4, -0.2) is 39.2 Å². The molecule has 2 heterocycles. The monoisotopic (exact) mass is 320 g/mol. The van der Waals surface area contributed by atoms with Crippen LogP contribution in [0.25, 0.3) is 0 Å². The van der Waals surface area contributed by atoms with Gasteiger partial charge in [0.2, 0.25) is 5.91 Å². The van der Waals surface area contributed by atoms with Crippen LogP contribution in [0.2, 0.25) is 5.02 Å². The minimum Gasteiger partial charge on any atom is -0.497 e. The number of amides is 1. The topological polar surface area (TPSA) is 60.2 Å². The fourth-order valence-corrected chi connectivity index (χ4v) is 2.83. The van der Waals surface area contributed by atoms with Crippen LogP contribution in [0.1, 0.15) is 17.2 Å². The van der Waals surface area contributed by atoms with Gasteiger partial charge in [0.15, 0.2) is 5.82 Å². The first kappa shape index (κ1) is 14.8. The number of carbonyl (C=O) groups excluding carboxylic acids is 1. The van der Waals surface area contributed by atoms with Crippen LogP contribution in [0, 0.1) is 6.92 Å². The van der Waals surface area contributed by atoms with E-state index in [1.54, 1.807) is 18.1 Å². The van der Waals surface area contributed by atoms with Crippen molar-refractivity contribution in [3.63, 3.8) is 0 Å². The molecule has 0 N–H and O–H groups in total. The van der Waals surface area contributed by atoms with Crippen molar-refractivity contribution in [1.82, 2.24) is 19.7 Å². The first-order valence-corrected chi connectivity index (χ1v) is 7.45. The van der Waals surface area contributed by atoms with E-state index in [0.29, 0.717) is 23.9 Å². The molecule has 1 amide bonds. The van der Waals surface area contributed by atoms with E-state index in [-0.39, 0.29) is 12.3 Å². The van der Waals surface area contributed by atoms with Gasteiger partial charge in [0, 0.05) is 18.1 Å². The third-order valence-electron chi connectivity index (χ3n) is 3.89. The number of carbonyl (C=O) groups is 1. The summed E-state index contributed by atoms with van der Waals surface area (Å²) in [7, 11) is 1.59. The molecule has 2 aromatic rings. The Bertz CT molecular complexity index is 714. The summed E-state index contributed by atoms with van der Waals surface area (Å²) in [6.07, 6.45) is 0.274. The molecule has 1 aromatic heterocycles. The third kappa shape index (κ3) is 2.78. The zero-order chi connectivity index (χ0) is 15.7. The highest BCUT2D eigenvalue weighted by molar-refractivity contribution is 6.31. The average Bonchev–Trinajstić information content (AvgIpc) is 2.90. The van der Waals surface area contributed by atoms with Gasteiger partial charge in [0.1, 0.15) is 11.6 Å². The molecule has 0 bridgehead atoms. The number of benzene rings is 1. The summed E-state index contributed by atoms with van der Waals surface area (Å²) in [6, 6.07) is 5.36. The van der Waals surface area contributed by atoms with E-state index in [9.17, 15) is 4.79 Å². The number of hydrogen-bond donors (Lipinski definition) is 0. The lowest BCUT2D eigenvalue weighted by Crippen LogP contribution is -2.39. The summed E-state index contributed by atoms with van der Waals surface area (Å²) in [5.41, 5.74) is 0.802. The fraction of sp³-hybridized carbons (Fsp3) is 0.400. The lowest BCUT2D eigenvalue weighted by Gasteiger charge is -2.27. The standard InChI is InChI=1S/C15H17ClN4O2/c1-10-17-18-14-9-19(5-6-20(10)14)15(21)7-11-3-4-12(22-2)8-13(11)16/h3-4,8H,5-7,9H2,1-2H3. The molecule has 116 valence electrons. The molecular formula is C15H17ClN4O2. The molecule has 0 saturated carbocycles. The van der Waals surface area contributed by atoms with Crippen LogP contribution in [0.3, 0.4) is 0 Å². The molecule has 0 aliphatic carbocycles. The molecule has 0 radical (unpaired) electrons. The number of aromatic nitrogens is 3. The van der Waals surface area contributed by atoms with Crippen LogP contribution in [0.5, 0.6) is 5.75 Å². The SMILES string of the molecule is COc1ccc(CC(=O)N2CCn3c(C)nnc3C2)c(Cl)c1. The Morgan fingerprint density at radius 2 is 2.18 bits per heavy atom. The van der Waals surface area contributed by atoms with Crippen LogP contribution < -0.4 is 4.74 Å². The first-order chi connectivity index (χ1) is 10.6. The number of rotatable bonds is 3. The highest BCUT2D eigenvalue weighted by Gasteiger charge is 2.23. The van der Waals surface area contributed by atoms with Crippen molar-refractivity contribution < 1.29 is 9.53 Å². The summed E-state index contributed by atoms with van der Waals surface area (Å²) >= 11 is 6.20. The zero-order valence-corrected chi connectivity index (χ0v) is 13.3. The van der Waals surface area contributed by atoms with E-state index in [2.05, 4.69) is 10.2 Å².